The monoisotopic (exact) mass is 460 g/mol. The number of benzene rings is 6. The Morgan fingerprint density at radius 1 is 0.417 bits per heavy atom. The Morgan fingerprint density at radius 2 is 1.06 bits per heavy atom. The van der Waals surface area contributed by atoms with Crippen LogP contribution in [0.15, 0.2) is 140 Å². The Hall–Kier alpha value is -4.82. The third-order valence-electron chi connectivity index (χ3n) is 6.99. The van der Waals surface area contributed by atoms with Gasteiger partial charge in [-0.25, -0.2) is 0 Å². The molecule has 7 aromatic rings. The fourth-order valence-electron chi connectivity index (χ4n) is 5.24. The molecular formula is C34H24N2. The molecule has 7 rings (SSSR count). The fourth-order valence-corrected chi connectivity index (χ4v) is 5.24. The van der Waals surface area contributed by atoms with Crippen molar-refractivity contribution in [2.45, 2.75) is 0 Å². The lowest BCUT2D eigenvalue weighted by Crippen LogP contribution is -2.10. The van der Waals surface area contributed by atoms with Crippen molar-refractivity contribution in [1.82, 2.24) is 4.98 Å². The van der Waals surface area contributed by atoms with Gasteiger partial charge in [-0.15, -0.1) is 0 Å². The average Bonchev–Trinajstić information content (AvgIpc) is 3.32. The number of aromatic amines is 1. The second-order valence-corrected chi connectivity index (χ2v) is 9.15. The maximum Gasteiger partial charge on any atom is 0.0540 e. The highest BCUT2D eigenvalue weighted by atomic mass is 15.1. The van der Waals surface area contributed by atoms with Crippen molar-refractivity contribution in [2.24, 2.45) is 0 Å². The van der Waals surface area contributed by atoms with Crippen LogP contribution in [0.3, 0.4) is 0 Å². The lowest BCUT2D eigenvalue weighted by molar-refractivity contribution is 1.30. The van der Waals surface area contributed by atoms with Gasteiger partial charge in [0.25, 0.3) is 0 Å². The molecule has 6 aromatic carbocycles. The summed E-state index contributed by atoms with van der Waals surface area (Å²) >= 11 is 0. The normalized spacial score (nSPS) is 11.3. The second-order valence-electron chi connectivity index (χ2n) is 9.15. The number of rotatable bonds is 4. The Morgan fingerprint density at radius 3 is 1.92 bits per heavy atom. The summed E-state index contributed by atoms with van der Waals surface area (Å²) in [4.78, 5) is 5.87. The molecule has 0 fully saturated rings. The van der Waals surface area contributed by atoms with Crippen LogP contribution in [0.1, 0.15) is 0 Å². The van der Waals surface area contributed by atoms with E-state index >= 15 is 0 Å². The molecule has 0 aliphatic heterocycles. The standard InChI is InChI=1S/C34H24N2/c1-2-11-27(12-3-1)36(34-16-8-10-25-9-4-5-13-29(25)34)28-20-17-24(18-21-28)26-19-22-33-31(23-26)30-14-6-7-15-32(30)35-33/h1-23,35H. The molecule has 0 atom stereocenters. The molecular weight excluding hydrogens is 436 g/mol. The molecule has 1 N–H and O–H groups in total. The summed E-state index contributed by atoms with van der Waals surface area (Å²) in [5, 5.41) is 4.99. The lowest BCUT2D eigenvalue weighted by Gasteiger charge is -2.27. The van der Waals surface area contributed by atoms with E-state index in [2.05, 4.69) is 149 Å². The van der Waals surface area contributed by atoms with Gasteiger partial charge in [-0.3, -0.25) is 0 Å². The molecule has 170 valence electrons. The van der Waals surface area contributed by atoms with Crippen molar-refractivity contribution >= 4 is 49.6 Å². The minimum atomic E-state index is 1.13. The van der Waals surface area contributed by atoms with Gasteiger partial charge in [0.2, 0.25) is 0 Å². The van der Waals surface area contributed by atoms with Gasteiger partial charge in [0.15, 0.2) is 0 Å². The summed E-state index contributed by atoms with van der Waals surface area (Å²) in [5.74, 6) is 0. The van der Waals surface area contributed by atoms with Crippen molar-refractivity contribution in [3.8, 4) is 11.1 Å². The van der Waals surface area contributed by atoms with E-state index in [-0.39, 0.29) is 0 Å². The topological polar surface area (TPSA) is 19.0 Å². The van der Waals surface area contributed by atoms with Crippen LogP contribution in [-0.4, -0.2) is 4.98 Å². The van der Waals surface area contributed by atoms with Gasteiger partial charge in [0.05, 0.1) is 5.69 Å². The Labute approximate surface area is 210 Å². The Bertz CT molecular complexity index is 1820. The average molecular weight is 461 g/mol. The quantitative estimate of drug-likeness (QED) is 0.277. The van der Waals surface area contributed by atoms with Crippen LogP contribution in [0.25, 0.3) is 43.7 Å². The molecule has 1 heterocycles. The van der Waals surface area contributed by atoms with Gasteiger partial charge in [-0.1, -0.05) is 91.0 Å². The Kier molecular flexibility index (Phi) is 4.82. The SMILES string of the molecule is c1ccc(N(c2ccc(-c3ccc4[nH]c5ccccc5c4c3)cc2)c2cccc3ccccc23)cc1. The van der Waals surface area contributed by atoms with Crippen LogP contribution in [0.4, 0.5) is 17.1 Å². The molecule has 0 amide bonds. The van der Waals surface area contributed by atoms with Gasteiger partial charge >= 0.3 is 0 Å². The number of nitrogens with zero attached hydrogens (tertiary/aromatic N) is 1. The van der Waals surface area contributed by atoms with E-state index in [0.29, 0.717) is 0 Å². The number of hydrogen-bond acceptors (Lipinski definition) is 1. The zero-order chi connectivity index (χ0) is 23.9. The number of para-hydroxylation sites is 2. The molecule has 2 heteroatoms. The van der Waals surface area contributed by atoms with Crippen molar-refractivity contribution < 1.29 is 0 Å². The van der Waals surface area contributed by atoms with E-state index in [4.69, 9.17) is 0 Å². The van der Waals surface area contributed by atoms with Gasteiger partial charge in [-0.05, 0) is 65.0 Å². The van der Waals surface area contributed by atoms with E-state index in [1.165, 1.54) is 49.4 Å². The van der Waals surface area contributed by atoms with E-state index in [9.17, 15) is 0 Å². The number of H-pyrrole nitrogens is 1. The first-order valence-corrected chi connectivity index (χ1v) is 12.3. The zero-order valence-corrected chi connectivity index (χ0v) is 19.7. The van der Waals surface area contributed by atoms with E-state index in [0.717, 1.165) is 11.4 Å². The molecule has 2 nitrogen and oxygen atoms in total. The predicted molar refractivity (Wildman–Crippen MR) is 153 cm³/mol. The van der Waals surface area contributed by atoms with Crippen LogP contribution in [0.5, 0.6) is 0 Å². The highest BCUT2D eigenvalue weighted by Crippen LogP contribution is 2.39. The van der Waals surface area contributed by atoms with Gasteiger partial charge < -0.3 is 9.88 Å². The molecule has 0 aliphatic carbocycles. The number of fused-ring (bicyclic) bond motifs is 4. The van der Waals surface area contributed by atoms with Crippen LogP contribution >= 0.6 is 0 Å². The third-order valence-corrected chi connectivity index (χ3v) is 6.99. The maximum atomic E-state index is 3.52. The molecule has 0 aliphatic rings. The van der Waals surface area contributed by atoms with Crippen molar-refractivity contribution in [3.63, 3.8) is 0 Å². The number of aromatic nitrogens is 1. The molecule has 0 spiro atoms. The van der Waals surface area contributed by atoms with Gasteiger partial charge in [0.1, 0.15) is 0 Å². The summed E-state index contributed by atoms with van der Waals surface area (Å²) in [5.41, 5.74) is 8.21. The van der Waals surface area contributed by atoms with Gasteiger partial charge in [0, 0.05) is 38.6 Å². The summed E-state index contributed by atoms with van der Waals surface area (Å²) in [6.45, 7) is 0. The van der Waals surface area contributed by atoms with Crippen molar-refractivity contribution in [2.75, 3.05) is 4.90 Å². The fraction of sp³-hybridized carbons (Fsp3) is 0. The van der Waals surface area contributed by atoms with Gasteiger partial charge in [-0.2, -0.15) is 0 Å². The van der Waals surface area contributed by atoms with E-state index < -0.39 is 0 Å². The van der Waals surface area contributed by atoms with E-state index in [1.807, 2.05) is 0 Å². The minimum absolute atomic E-state index is 1.13. The van der Waals surface area contributed by atoms with Crippen LogP contribution in [0, 0.1) is 0 Å². The summed E-state index contributed by atoms with van der Waals surface area (Å²) in [6, 6.07) is 49.8. The molecule has 0 bridgehead atoms. The lowest BCUT2D eigenvalue weighted by atomic mass is 10.0. The minimum Gasteiger partial charge on any atom is -0.355 e. The summed E-state index contributed by atoms with van der Waals surface area (Å²) in [7, 11) is 0. The molecule has 36 heavy (non-hydrogen) atoms. The smallest absolute Gasteiger partial charge is 0.0540 e. The summed E-state index contributed by atoms with van der Waals surface area (Å²) < 4.78 is 0. The second kappa shape index (κ2) is 8.44. The van der Waals surface area contributed by atoms with Crippen LogP contribution < -0.4 is 4.90 Å². The summed E-state index contributed by atoms with van der Waals surface area (Å²) in [6.07, 6.45) is 0. The number of anilines is 3. The molecule has 1 aromatic heterocycles. The first-order chi connectivity index (χ1) is 17.8. The largest absolute Gasteiger partial charge is 0.355 e. The van der Waals surface area contributed by atoms with E-state index in [1.54, 1.807) is 0 Å². The van der Waals surface area contributed by atoms with Crippen molar-refractivity contribution in [3.05, 3.63) is 140 Å². The highest BCUT2D eigenvalue weighted by Gasteiger charge is 2.15. The molecule has 0 radical (unpaired) electrons. The maximum absolute atomic E-state index is 3.52. The van der Waals surface area contributed by atoms with Crippen LogP contribution in [-0.2, 0) is 0 Å². The zero-order valence-electron chi connectivity index (χ0n) is 19.7. The number of nitrogens with one attached hydrogen (secondary N) is 1. The highest BCUT2D eigenvalue weighted by molar-refractivity contribution is 6.08. The first kappa shape index (κ1) is 20.5. The molecule has 0 unspecified atom stereocenters. The van der Waals surface area contributed by atoms with Crippen molar-refractivity contribution in [1.29, 1.82) is 0 Å². The number of hydrogen-bond donors (Lipinski definition) is 1. The van der Waals surface area contributed by atoms with Crippen LogP contribution in [0.2, 0.25) is 0 Å². The predicted octanol–water partition coefficient (Wildman–Crippen LogP) is 9.61. The Balaban J connectivity index is 1.34. The molecule has 0 saturated carbocycles. The third kappa shape index (κ3) is 3.43. The first-order valence-electron chi connectivity index (χ1n) is 12.3. The molecule has 0 saturated heterocycles.